The molecule has 2 aromatic rings. The minimum Gasteiger partial charge on any atom is -0.477 e. The third-order valence-corrected chi connectivity index (χ3v) is 2.72. The van der Waals surface area contributed by atoms with E-state index in [0.717, 1.165) is 5.69 Å². The molecular formula is C12H12N4O3. The van der Waals surface area contributed by atoms with Crippen LogP contribution < -0.4 is 5.32 Å². The van der Waals surface area contributed by atoms with Crippen LogP contribution in [0.5, 0.6) is 0 Å². The molecule has 0 spiro atoms. The van der Waals surface area contributed by atoms with Crippen LogP contribution in [0.15, 0.2) is 24.5 Å². The fraction of sp³-hybridized carbons (Fsp3) is 0.167. The lowest BCUT2D eigenvalue weighted by Crippen LogP contribution is -2.13. The van der Waals surface area contributed by atoms with E-state index in [-0.39, 0.29) is 11.6 Å². The van der Waals surface area contributed by atoms with Crippen LogP contribution in [0.25, 0.3) is 0 Å². The highest BCUT2D eigenvalue weighted by Gasteiger charge is 2.13. The summed E-state index contributed by atoms with van der Waals surface area (Å²) in [6, 6.07) is 2.82. The molecule has 0 saturated carbocycles. The van der Waals surface area contributed by atoms with Crippen LogP contribution >= 0.6 is 0 Å². The molecule has 1 amide bonds. The first kappa shape index (κ1) is 12.7. The number of amides is 1. The molecule has 0 bridgehead atoms. The maximum atomic E-state index is 12.0. The van der Waals surface area contributed by atoms with Crippen LogP contribution in [-0.4, -0.2) is 31.7 Å². The summed E-state index contributed by atoms with van der Waals surface area (Å²) in [6.45, 7) is 1.77. The number of aromatic carboxylic acids is 1. The molecule has 0 radical (unpaired) electrons. The molecule has 0 aliphatic carbocycles. The quantitative estimate of drug-likeness (QED) is 0.860. The number of pyridine rings is 1. The molecular weight excluding hydrogens is 248 g/mol. The van der Waals surface area contributed by atoms with Crippen molar-refractivity contribution in [2.24, 2.45) is 7.05 Å². The Bertz CT molecular complexity index is 648. The van der Waals surface area contributed by atoms with E-state index in [4.69, 9.17) is 5.11 Å². The standard InChI is InChI=1S/C12H12N4O3/c1-7-9(6-14-16(7)2)11(17)15-8-3-4-13-10(5-8)12(18)19/h3-6H,1-2H3,(H,18,19)(H,13,15,17). The molecule has 0 aromatic carbocycles. The maximum Gasteiger partial charge on any atom is 0.354 e. The van der Waals surface area contributed by atoms with Gasteiger partial charge in [-0.25, -0.2) is 9.78 Å². The predicted molar refractivity (Wildman–Crippen MR) is 67.1 cm³/mol. The zero-order valence-corrected chi connectivity index (χ0v) is 10.4. The summed E-state index contributed by atoms with van der Waals surface area (Å²) in [7, 11) is 1.74. The van der Waals surface area contributed by atoms with E-state index in [9.17, 15) is 9.59 Å². The van der Waals surface area contributed by atoms with E-state index >= 15 is 0 Å². The van der Waals surface area contributed by atoms with E-state index in [0.29, 0.717) is 11.3 Å². The van der Waals surface area contributed by atoms with Gasteiger partial charge in [0, 0.05) is 24.6 Å². The van der Waals surface area contributed by atoms with Gasteiger partial charge in [-0.15, -0.1) is 0 Å². The smallest absolute Gasteiger partial charge is 0.354 e. The van der Waals surface area contributed by atoms with Gasteiger partial charge in [-0.05, 0) is 19.1 Å². The number of rotatable bonds is 3. The number of hydrogen-bond acceptors (Lipinski definition) is 4. The van der Waals surface area contributed by atoms with Crippen molar-refractivity contribution in [1.82, 2.24) is 14.8 Å². The van der Waals surface area contributed by atoms with Gasteiger partial charge in [0.1, 0.15) is 5.69 Å². The lowest BCUT2D eigenvalue weighted by Gasteiger charge is -2.05. The third-order valence-electron chi connectivity index (χ3n) is 2.72. The average Bonchev–Trinajstić information content (AvgIpc) is 2.70. The Morgan fingerprint density at radius 1 is 1.42 bits per heavy atom. The second kappa shape index (κ2) is 4.89. The minimum absolute atomic E-state index is 0.124. The Kier molecular flexibility index (Phi) is 3.28. The molecule has 0 unspecified atom stereocenters. The summed E-state index contributed by atoms with van der Waals surface area (Å²) >= 11 is 0. The van der Waals surface area contributed by atoms with Gasteiger partial charge >= 0.3 is 5.97 Å². The Labute approximate surface area is 108 Å². The number of carbonyl (C=O) groups is 2. The van der Waals surface area contributed by atoms with Crippen LogP contribution in [0.3, 0.4) is 0 Å². The molecule has 2 aromatic heterocycles. The lowest BCUT2D eigenvalue weighted by molar-refractivity contribution is 0.0690. The van der Waals surface area contributed by atoms with Crippen molar-refractivity contribution in [2.45, 2.75) is 6.92 Å². The van der Waals surface area contributed by atoms with Gasteiger partial charge < -0.3 is 10.4 Å². The molecule has 0 saturated heterocycles. The average molecular weight is 260 g/mol. The van der Waals surface area contributed by atoms with E-state index in [2.05, 4.69) is 15.4 Å². The second-order valence-electron chi connectivity index (χ2n) is 3.96. The third kappa shape index (κ3) is 2.59. The highest BCUT2D eigenvalue weighted by molar-refractivity contribution is 6.05. The van der Waals surface area contributed by atoms with Crippen LogP contribution in [0.1, 0.15) is 26.5 Å². The Morgan fingerprint density at radius 3 is 2.74 bits per heavy atom. The predicted octanol–water partition coefficient (Wildman–Crippen LogP) is 1.07. The van der Waals surface area contributed by atoms with Gasteiger partial charge in [0.15, 0.2) is 0 Å². The molecule has 2 N–H and O–H groups in total. The Balaban J connectivity index is 2.22. The largest absolute Gasteiger partial charge is 0.477 e. The Morgan fingerprint density at radius 2 is 2.16 bits per heavy atom. The van der Waals surface area contributed by atoms with E-state index < -0.39 is 5.97 Å². The zero-order valence-electron chi connectivity index (χ0n) is 10.4. The molecule has 0 aliphatic heterocycles. The summed E-state index contributed by atoms with van der Waals surface area (Å²) in [5.41, 5.74) is 1.42. The van der Waals surface area contributed by atoms with E-state index in [1.54, 1.807) is 18.7 Å². The van der Waals surface area contributed by atoms with Crippen molar-refractivity contribution in [2.75, 3.05) is 5.32 Å². The van der Waals surface area contributed by atoms with Crippen molar-refractivity contribution in [3.05, 3.63) is 41.5 Å². The van der Waals surface area contributed by atoms with Crippen LogP contribution in [0.2, 0.25) is 0 Å². The molecule has 2 rings (SSSR count). The molecule has 19 heavy (non-hydrogen) atoms. The fourth-order valence-electron chi connectivity index (χ4n) is 1.55. The minimum atomic E-state index is -1.14. The molecule has 0 fully saturated rings. The molecule has 7 nitrogen and oxygen atoms in total. The summed E-state index contributed by atoms with van der Waals surface area (Å²) in [4.78, 5) is 26.4. The highest BCUT2D eigenvalue weighted by atomic mass is 16.4. The summed E-state index contributed by atoms with van der Waals surface area (Å²) < 4.78 is 1.59. The summed E-state index contributed by atoms with van der Waals surface area (Å²) in [5.74, 6) is -1.48. The van der Waals surface area contributed by atoms with Crippen LogP contribution in [0.4, 0.5) is 5.69 Å². The molecule has 98 valence electrons. The van der Waals surface area contributed by atoms with Gasteiger partial charge in [0.05, 0.1) is 11.8 Å². The SMILES string of the molecule is Cc1c(C(=O)Nc2ccnc(C(=O)O)c2)cnn1C. The normalized spacial score (nSPS) is 10.2. The monoisotopic (exact) mass is 260 g/mol. The number of carboxylic acids is 1. The number of aryl methyl sites for hydroxylation is 1. The van der Waals surface area contributed by atoms with Gasteiger partial charge in [-0.2, -0.15) is 5.10 Å². The number of nitrogens with one attached hydrogen (secondary N) is 1. The van der Waals surface area contributed by atoms with Crippen LogP contribution in [0, 0.1) is 6.92 Å². The van der Waals surface area contributed by atoms with E-state index in [1.165, 1.54) is 24.5 Å². The van der Waals surface area contributed by atoms with Crippen molar-refractivity contribution < 1.29 is 14.7 Å². The maximum absolute atomic E-state index is 12.0. The topological polar surface area (TPSA) is 97.1 Å². The first-order chi connectivity index (χ1) is 8.99. The van der Waals surface area contributed by atoms with Crippen molar-refractivity contribution >= 4 is 17.6 Å². The number of carbonyl (C=O) groups excluding carboxylic acids is 1. The molecule has 0 atom stereocenters. The number of anilines is 1. The number of hydrogen-bond donors (Lipinski definition) is 2. The van der Waals surface area contributed by atoms with Crippen molar-refractivity contribution in [3.63, 3.8) is 0 Å². The summed E-state index contributed by atoms with van der Waals surface area (Å²) in [6.07, 6.45) is 2.79. The first-order valence-corrected chi connectivity index (χ1v) is 5.48. The fourth-order valence-corrected chi connectivity index (χ4v) is 1.55. The number of aromatic nitrogens is 3. The van der Waals surface area contributed by atoms with Gasteiger partial charge in [-0.3, -0.25) is 9.48 Å². The molecule has 2 heterocycles. The van der Waals surface area contributed by atoms with Crippen molar-refractivity contribution in [3.8, 4) is 0 Å². The lowest BCUT2D eigenvalue weighted by atomic mass is 10.2. The molecule has 7 heteroatoms. The van der Waals surface area contributed by atoms with Gasteiger partial charge in [0.2, 0.25) is 0 Å². The zero-order chi connectivity index (χ0) is 14.0. The number of nitrogens with zero attached hydrogens (tertiary/aromatic N) is 3. The van der Waals surface area contributed by atoms with Crippen molar-refractivity contribution in [1.29, 1.82) is 0 Å². The highest BCUT2D eigenvalue weighted by Crippen LogP contribution is 2.12. The van der Waals surface area contributed by atoms with Gasteiger partial charge in [-0.1, -0.05) is 0 Å². The first-order valence-electron chi connectivity index (χ1n) is 5.48. The second-order valence-corrected chi connectivity index (χ2v) is 3.96. The number of carboxylic acid groups (broad SMARTS) is 1. The van der Waals surface area contributed by atoms with E-state index in [1.807, 2.05) is 0 Å². The van der Waals surface area contributed by atoms with Crippen LogP contribution in [-0.2, 0) is 7.05 Å². The Hall–Kier alpha value is -2.70. The van der Waals surface area contributed by atoms with Gasteiger partial charge in [0.25, 0.3) is 5.91 Å². The summed E-state index contributed by atoms with van der Waals surface area (Å²) in [5, 5.41) is 15.4. The molecule has 0 aliphatic rings.